The minimum atomic E-state index is -0.356. The second-order valence-corrected chi connectivity index (χ2v) is 4.42. The second-order valence-electron chi connectivity index (χ2n) is 4.42. The predicted octanol–water partition coefficient (Wildman–Crippen LogP) is 2.17. The van der Waals surface area contributed by atoms with Gasteiger partial charge in [0.05, 0.1) is 6.10 Å². The Kier molecular flexibility index (Phi) is 3.39. The van der Waals surface area contributed by atoms with E-state index in [1.54, 1.807) is 0 Å². The molecule has 0 bridgehead atoms. The van der Waals surface area contributed by atoms with Crippen LogP contribution in [0.15, 0.2) is 24.3 Å². The minimum Gasteiger partial charge on any atom is -0.387 e. The molecule has 15 heavy (non-hydrogen) atoms. The van der Waals surface area contributed by atoms with Crippen molar-refractivity contribution in [2.24, 2.45) is 0 Å². The molecule has 1 aromatic rings. The van der Waals surface area contributed by atoms with Crippen molar-refractivity contribution in [1.29, 1.82) is 0 Å². The van der Waals surface area contributed by atoms with Gasteiger partial charge >= 0.3 is 0 Å². The topological polar surface area (TPSA) is 32.3 Å². The Morgan fingerprint density at radius 2 is 2.27 bits per heavy atom. The first-order chi connectivity index (χ1) is 7.27. The lowest BCUT2D eigenvalue weighted by molar-refractivity contribution is 0.114. The van der Waals surface area contributed by atoms with Gasteiger partial charge in [-0.2, -0.15) is 0 Å². The Morgan fingerprint density at radius 3 is 2.93 bits per heavy atom. The minimum absolute atomic E-state index is 0.237. The van der Waals surface area contributed by atoms with Crippen LogP contribution >= 0.6 is 0 Å². The molecule has 1 aliphatic heterocycles. The molecule has 2 heteroatoms. The third-order valence-electron chi connectivity index (χ3n) is 3.11. The molecule has 2 rings (SSSR count). The van der Waals surface area contributed by atoms with Gasteiger partial charge in [-0.15, -0.1) is 0 Å². The number of aliphatic hydroxyl groups excluding tert-OH is 1. The lowest BCUT2D eigenvalue weighted by Crippen LogP contribution is -2.38. The van der Waals surface area contributed by atoms with Crippen LogP contribution < -0.4 is 5.32 Å². The van der Waals surface area contributed by atoms with Crippen molar-refractivity contribution in [3.63, 3.8) is 0 Å². The summed E-state index contributed by atoms with van der Waals surface area (Å²) < 4.78 is 0. The van der Waals surface area contributed by atoms with Gasteiger partial charge in [-0.1, -0.05) is 36.2 Å². The van der Waals surface area contributed by atoms with Crippen LogP contribution in [0.2, 0.25) is 0 Å². The Labute approximate surface area is 91.3 Å². The van der Waals surface area contributed by atoms with Crippen molar-refractivity contribution >= 4 is 0 Å². The highest BCUT2D eigenvalue weighted by Crippen LogP contribution is 2.23. The summed E-state index contributed by atoms with van der Waals surface area (Å²) >= 11 is 0. The van der Waals surface area contributed by atoms with E-state index in [0.29, 0.717) is 0 Å². The van der Waals surface area contributed by atoms with E-state index in [0.717, 1.165) is 18.5 Å². The molecule has 1 aliphatic rings. The third-order valence-corrected chi connectivity index (χ3v) is 3.11. The molecule has 0 radical (unpaired) electrons. The molecule has 2 unspecified atom stereocenters. The summed E-state index contributed by atoms with van der Waals surface area (Å²) in [5, 5.41) is 13.6. The average molecular weight is 205 g/mol. The molecule has 0 aliphatic carbocycles. The quantitative estimate of drug-likeness (QED) is 0.775. The molecule has 82 valence electrons. The van der Waals surface area contributed by atoms with Crippen LogP contribution in [0.3, 0.4) is 0 Å². The van der Waals surface area contributed by atoms with Crippen molar-refractivity contribution in [2.45, 2.75) is 38.3 Å². The predicted molar refractivity (Wildman–Crippen MR) is 61.8 cm³/mol. The van der Waals surface area contributed by atoms with E-state index < -0.39 is 0 Å². The smallest absolute Gasteiger partial charge is 0.0943 e. The molecule has 0 amide bonds. The molecule has 0 saturated carbocycles. The van der Waals surface area contributed by atoms with Crippen molar-refractivity contribution in [1.82, 2.24) is 5.32 Å². The first kappa shape index (κ1) is 10.7. The lowest BCUT2D eigenvalue weighted by atomic mass is 9.94. The van der Waals surface area contributed by atoms with Crippen molar-refractivity contribution < 1.29 is 5.11 Å². The van der Waals surface area contributed by atoms with Gasteiger partial charge < -0.3 is 10.4 Å². The zero-order valence-electron chi connectivity index (χ0n) is 9.24. The molecule has 1 heterocycles. The molecular weight excluding hydrogens is 186 g/mol. The fraction of sp³-hybridized carbons (Fsp3) is 0.538. The fourth-order valence-corrected chi connectivity index (χ4v) is 2.23. The SMILES string of the molecule is Cc1cccc(C(O)C2CCCCN2)c1. The number of aryl methyl sites for hydroxylation is 1. The number of benzene rings is 1. The highest BCUT2D eigenvalue weighted by Gasteiger charge is 2.22. The van der Waals surface area contributed by atoms with E-state index in [2.05, 4.69) is 24.4 Å². The van der Waals surface area contributed by atoms with E-state index in [4.69, 9.17) is 0 Å². The number of rotatable bonds is 2. The Balaban J connectivity index is 2.08. The normalized spacial score (nSPS) is 23.7. The monoisotopic (exact) mass is 205 g/mol. The zero-order valence-corrected chi connectivity index (χ0v) is 9.24. The van der Waals surface area contributed by atoms with E-state index in [9.17, 15) is 5.11 Å². The first-order valence-electron chi connectivity index (χ1n) is 5.75. The van der Waals surface area contributed by atoms with Crippen molar-refractivity contribution in [2.75, 3.05) is 6.54 Å². The first-order valence-corrected chi connectivity index (χ1v) is 5.75. The summed E-state index contributed by atoms with van der Waals surface area (Å²) in [6.07, 6.45) is 3.18. The zero-order chi connectivity index (χ0) is 10.7. The summed E-state index contributed by atoms with van der Waals surface area (Å²) in [6, 6.07) is 8.39. The van der Waals surface area contributed by atoms with Crippen LogP contribution in [0.25, 0.3) is 0 Å². The summed E-state index contributed by atoms with van der Waals surface area (Å²) in [5.41, 5.74) is 2.25. The van der Waals surface area contributed by atoms with Gasteiger partial charge in [0.1, 0.15) is 0 Å². The number of hydrogen-bond donors (Lipinski definition) is 2. The van der Waals surface area contributed by atoms with Gasteiger partial charge in [0, 0.05) is 6.04 Å². The van der Waals surface area contributed by atoms with Crippen LogP contribution in [0, 0.1) is 6.92 Å². The van der Waals surface area contributed by atoms with E-state index in [1.807, 2.05) is 12.1 Å². The van der Waals surface area contributed by atoms with Crippen LogP contribution in [0.5, 0.6) is 0 Å². The van der Waals surface area contributed by atoms with Crippen LogP contribution in [0.1, 0.15) is 36.5 Å². The number of nitrogens with one attached hydrogen (secondary N) is 1. The summed E-state index contributed by atoms with van der Waals surface area (Å²) in [6.45, 7) is 3.10. The maximum atomic E-state index is 10.2. The second kappa shape index (κ2) is 4.77. The molecule has 1 saturated heterocycles. The van der Waals surface area contributed by atoms with Crippen LogP contribution in [-0.4, -0.2) is 17.7 Å². The van der Waals surface area contributed by atoms with E-state index in [1.165, 1.54) is 18.4 Å². The van der Waals surface area contributed by atoms with Crippen molar-refractivity contribution in [3.8, 4) is 0 Å². The van der Waals surface area contributed by atoms with Gasteiger partial charge in [-0.25, -0.2) is 0 Å². The molecule has 2 nitrogen and oxygen atoms in total. The lowest BCUT2D eigenvalue weighted by Gasteiger charge is -2.28. The maximum absolute atomic E-state index is 10.2. The molecule has 2 atom stereocenters. The molecule has 1 fully saturated rings. The van der Waals surface area contributed by atoms with E-state index in [-0.39, 0.29) is 12.1 Å². The van der Waals surface area contributed by atoms with E-state index >= 15 is 0 Å². The molecular formula is C13H19NO. The number of aliphatic hydroxyl groups is 1. The van der Waals surface area contributed by atoms with Crippen LogP contribution in [-0.2, 0) is 0 Å². The maximum Gasteiger partial charge on any atom is 0.0943 e. The average Bonchev–Trinajstić information content (AvgIpc) is 2.29. The Bertz CT molecular complexity index is 318. The molecule has 2 N–H and O–H groups in total. The Morgan fingerprint density at radius 1 is 1.40 bits per heavy atom. The molecule has 0 spiro atoms. The number of hydrogen-bond acceptors (Lipinski definition) is 2. The van der Waals surface area contributed by atoms with Gasteiger partial charge in [0.2, 0.25) is 0 Å². The van der Waals surface area contributed by atoms with Gasteiger partial charge in [-0.05, 0) is 31.9 Å². The van der Waals surface area contributed by atoms with Gasteiger partial charge in [0.25, 0.3) is 0 Å². The summed E-state index contributed by atoms with van der Waals surface area (Å²) in [4.78, 5) is 0. The summed E-state index contributed by atoms with van der Waals surface area (Å²) in [5.74, 6) is 0. The number of piperidine rings is 1. The molecule has 0 aromatic heterocycles. The largest absolute Gasteiger partial charge is 0.387 e. The van der Waals surface area contributed by atoms with Gasteiger partial charge in [0.15, 0.2) is 0 Å². The Hall–Kier alpha value is -0.860. The van der Waals surface area contributed by atoms with Crippen LogP contribution in [0.4, 0.5) is 0 Å². The van der Waals surface area contributed by atoms with Gasteiger partial charge in [-0.3, -0.25) is 0 Å². The fourth-order valence-electron chi connectivity index (χ4n) is 2.23. The third kappa shape index (κ3) is 2.58. The standard InChI is InChI=1S/C13H19NO/c1-10-5-4-6-11(9-10)13(15)12-7-2-3-8-14-12/h4-6,9,12-15H,2-3,7-8H2,1H3. The highest BCUT2D eigenvalue weighted by atomic mass is 16.3. The summed E-state index contributed by atoms with van der Waals surface area (Å²) in [7, 11) is 0. The van der Waals surface area contributed by atoms with Crippen molar-refractivity contribution in [3.05, 3.63) is 35.4 Å². The molecule has 1 aromatic carbocycles. The highest BCUT2D eigenvalue weighted by molar-refractivity contribution is 5.25.